The lowest BCUT2D eigenvalue weighted by molar-refractivity contribution is -0.138. The fraction of sp³-hybridized carbons (Fsp3) is 0.286. The summed E-state index contributed by atoms with van der Waals surface area (Å²) in [6.07, 6.45) is 0. The molecule has 1 aromatic carbocycles. The third-order valence-electron chi connectivity index (χ3n) is 2.92. The number of amides is 2. The average Bonchev–Trinajstić information content (AvgIpc) is 2.38. The molecule has 2 rings (SSSR count). The smallest absolute Gasteiger partial charge is 0.338 e. The van der Waals surface area contributed by atoms with Gasteiger partial charge in [-0.15, -0.1) is 0 Å². The summed E-state index contributed by atoms with van der Waals surface area (Å²) >= 11 is 5.85. The van der Waals surface area contributed by atoms with E-state index in [4.69, 9.17) is 16.3 Å². The van der Waals surface area contributed by atoms with E-state index in [1.807, 2.05) is 0 Å². The van der Waals surface area contributed by atoms with Crippen molar-refractivity contribution in [3.63, 3.8) is 0 Å². The van der Waals surface area contributed by atoms with Crippen LogP contribution < -0.4 is 10.6 Å². The number of rotatable bonds is 3. The van der Waals surface area contributed by atoms with Gasteiger partial charge in [-0.1, -0.05) is 23.7 Å². The SMILES string of the molecule is CCOC(=O)C1=C(c2ccc(Cl)cc2)NC(=O)NC1C. The van der Waals surface area contributed by atoms with Crippen molar-refractivity contribution in [2.45, 2.75) is 19.9 Å². The average molecular weight is 295 g/mol. The maximum atomic E-state index is 12.1. The van der Waals surface area contributed by atoms with Crippen LogP contribution in [0.5, 0.6) is 0 Å². The van der Waals surface area contributed by atoms with Crippen molar-refractivity contribution in [1.82, 2.24) is 10.6 Å². The summed E-state index contributed by atoms with van der Waals surface area (Å²) in [5.74, 6) is -0.447. The minimum atomic E-state index is -0.447. The Bertz CT molecular complexity index is 566. The van der Waals surface area contributed by atoms with E-state index in [1.54, 1.807) is 38.1 Å². The number of hydrogen-bond acceptors (Lipinski definition) is 3. The molecule has 5 nitrogen and oxygen atoms in total. The van der Waals surface area contributed by atoms with Gasteiger partial charge in [0.1, 0.15) is 0 Å². The van der Waals surface area contributed by atoms with E-state index < -0.39 is 12.0 Å². The minimum absolute atomic E-state index is 0.275. The number of benzene rings is 1. The Morgan fingerprint density at radius 2 is 2.00 bits per heavy atom. The van der Waals surface area contributed by atoms with Crippen LogP contribution in [-0.4, -0.2) is 24.6 Å². The lowest BCUT2D eigenvalue weighted by Gasteiger charge is -2.26. The Morgan fingerprint density at radius 3 is 2.60 bits per heavy atom. The quantitative estimate of drug-likeness (QED) is 0.841. The van der Waals surface area contributed by atoms with Crippen molar-refractivity contribution in [3.8, 4) is 0 Å². The highest BCUT2D eigenvalue weighted by Crippen LogP contribution is 2.24. The number of ether oxygens (including phenoxy) is 1. The number of carbonyl (C=O) groups excluding carboxylic acids is 2. The van der Waals surface area contributed by atoms with E-state index in [0.29, 0.717) is 21.9 Å². The van der Waals surface area contributed by atoms with Crippen LogP contribution in [0, 0.1) is 0 Å². The van der Waals surface area contributed by atoms with Crippen LogP contribution in [0.1, 0.15) is 19.4 Å². The van der Waals surface area contributed by atoms with Crippen molar-refractivity contribution in [1.29, 1.82) is 0 Å². The molecule has 1 aliphatic heterocycles. The molecule has 2 amide bonds. The topological polar surface area (TPSA) is 67.4 Å². The third kappa shape index (κ3) is 2.93. The minimum Gasteiger partial charge on any atom is -0.463 e. The number of carbonyl (C=O) groups is 2. The second kappa shape index (κ2) is 5.96. The largest absolute Gasteiger partial charge is 0.463 e. The first-order valence-corrected chi connectivity index (χ1v) is 6.65. The lowest BCUT2D eigenvalue weighted by atomic mass is 9.99. The molecule has 1 atom stereocenters. The third-order valence-corrected chi connectivity index (χ3v) is 3.17. The molecule has 0 saturated carbocycles. The predicted molar refractivity (Wildman–Crippen MR) is 76.1 cm³/mol. The maximum absolute atomic E-state index is 12.1. The highest BCUT2D eigenvalue weighted by Gasteiger charge is 2.30. The molecular weight excluding hydrogens is 280 g/mol. The first-order valence-electron chi connectivity index (χ1n) is 6.27. The number of hydrogen-bond donors (Lipinski definition) is 2. The van der Waals surface area contributed by atoms with E-state index in [-0.39, 0.29) is 12.6 Å². The van der Waals surface area contributed by atoms with Crippen LogP contribution in [0.3, 0.4) is 0 Å². The van der Waals surface area contributed by atoms with Gasteiger partial charge in [0, 0.05) is 5.02 Å². The van der Waals surface area contributed by atoms with Crippen LogP contribution in [0.4, 0.5) is 4.79 Å². The zero-order chi connectivity index (χ0) is 14.7. The second-order valence-electron chi connectivity index (χ2n) is 4.34. The van der Waals surface area contributed by atoms with E-state index in [9.17, 15) is 9.59 Å². The van der Waals surface area contributed by atoms with Crippen LogP contribution in [0.15, 0.2) is 29.8 Å². The zero-order valence-electron chi connectivity index (χ0n) is 11.2. The lowest BCUT2D eigenvalue weighted by Crippen LogP contribution is -2.48. The molecule has 0 fully saturated rings. The fourth-order valence-electron chi connectivity index (χ4n) is 2.03. The fourth-order valence-corrected chi connectivity index (χ4v) is 2.16. The van der Waals surface area contributed by atoms with Crippen molar-refractivity contribution in [2.75, 3.05) is 6.61 Å². The molecule has 1 unspecified atom stereocenters. The molecule has 0 spiro atoms. The molecule has 0 aliphatic carbocycles. The normalized spacial score (nSPS) is 18.4. The molecule has 0 radical (unpaired) electrons. The van der Waals surface area contributed by atoms with Gasteiger partial charge in [-0.2, -0.15) is 0 Å². The Morgan fingerprint density at radius 1 is 1.35 bits per heavy atom. The summed E-state index contributed by atoms with van der Waals surface area (Å²) in [4.78, 5) is 23.7. The second-order valence-corrected chi connectivity index (χ2v) is 4.77. The standard InChI is InChI=1S/C14H15ClN2O3/c1-3-20-13(18)11-8(2)16-14(19)17-12(11)9-4-6-10(15)7-5-9/h4-8H,3H2,1-2H3,(H2,16,17,19). The van der Waals surface area contributed by atoms with Crippen LogP contribution in [-0.2, 0) is 9.53 Å². The molecule has 0 aromatic heterocycles. The van der Waals surface area contributed by atoms with Gasteiger partial charge in [-0.05, 0) is 31.5 Å². The Labute approximate surface area is 121 Å². The summed E-state index contributed by atoms with van der Waals surface area (Å²) in [5.41, 5.74) is 1.56. The van der Waals surface area contributed by atoms with Gasteiger partial charge in [0.25, 0.3) is 0 Å². The van der Waals surface area contributed by atoms with E-state index in [1.165, 1.54) is 0 Å². The van der Waals surface area contributed by atoms with Gasteiger partial charge in [0.05, 0.1) is 23.9 Å². The molecular formula is C14H15ClN2O3. The van der Waals surface area contributed by atoms with Crippen LogP contribution in [0.2, 0.25) is 5.02 Å². The molecule has 2 N–H and O–H groups in total. The van der Waals surface area contributed by atoms with Crippen molar-refractivity contribution >= 4 is 29.3 Å². The number of esters is 1. The maximum Gasteiger partial charge on any atom is 0.338 e. The Hall–Kier alpha value is -2.01. The molecule has 1 aliphatic rings. The first-order chi connectivity index (χ1) is 9.52. The van der Waals surface area contributed by atoms with Crippen molar-refractivity contribution in [2.24, 2.45) is 0 Å². The molecule has 0 saturated heterocycles. The van der Waals surface area contributed by atoms with E-state index in [0.717, 1.165) is 0 Å². The highest BCUT2D eigenvalue weighted by atomic mass is 35.5. The molecule has 0 bridgehead atoms. The predicted octanol–water partition coefficient (Wildman–Crippen LogP) is 2.32. The number of nitrogens with one attached hydrogen (secondary N) is 2. The zero-order valence-corrected chi connectivity index (χ0v) is 12.0. The monoisotopic (exact) mass is 294 g/mol. The number of halogens is 1. The first kappa shape index (κ1) is 14.4. The summed E-state index contributed by atoms with van der Waals surface area (Å²) in [5, 5.41) is 5.89. The number of urea groups is 1. The highest BCUT2D eigenvalue weighted by molar-refractivity contribution is 6.30. The van der Waals surface area contributed by atoms with Gasteiger partial charge in [0.2, 0.25) is 0 Å². The molecule has 6 heteroatoms. The van der Waals surface area contributed by atoms with Crippen molar-refractivity contribution < 1.29 is 14.3 Å². The van der Waals surface area contributed by atoms with Gasteiger partial charge >= 0.3 is 12.0 Å². The Balaban J connectivity index is 2.50. The van der Waals surface area contributed by atoms with Gasteiger partial charge in [-0.3, -0.25) is 0 Å². The van der Waals surface area contributed by atoms with E-state index >= 15 is 0 Å². The van der Waals surface area contributed by atoms with Gasteiger partial charge in [-0.25, -0.2) is 9.59 Å². The Kier molecular flexibility index (Phi) is 4.29. The van der Waals surface area contributed by atoms with Crippen LogP contribution >= 0.6 is 11.6 Å². The molecule has 20 heavy (non-hydrogen) atoms. The summed E-state index contributed by atoms with van der Waals surface area (Å²) in [7, 11) is 0. The van der Waals surface area contributed by atoms with E-state index in [2.05, 4.69) is 10.6 Å². The van der Waals surface area contributed by atoms with Gasteiger partial charge < -0.3 is 15.4 Å². The molecule has 1 aromatic rings. The molecule has 1 heterocycles. The summed E-state index contributed by atoms with van der Waals surface area (Å²) in [6, 6.07) is 6.12. The summed E-state index contributed by atoms with van der Waals surface area (Å²) < 4.78 is 5.05. The van der Waals surface area contributed by atoms with Gasteiger partial charge in [0.15, 0.2) is 0 Å². The molecule has 106 valence electrons. The summed E-state index contributed by atoms with van der Waals surface area (Å²) in [6.45, 7) is 3.75. The van der Waals surface area contributed by atoms with Crippen molar-refractivity contribution in [3.05, 3.63) is 40.4 Å². The van der Waals surface area contributed by atoms with Crippen LogP contribution in [0.25, 0.3) is 5.70 Å².